The molecule has 2 unspecified atom stereocenters. The van der Waals surface area contributed by atoms with E-state index >= 15 is 0 Å². The van der Waals surface area contributed by atoms with Crippen LogP contribution in [0.5, 0.6) is 0 Å². The summed E-state index contributed by atoms with van der Waals surface area (Å²) in [4.78, 5) is 14.6. The lowest BCUT2D eigenvalue weighted by Crippen LogP contribution is -2.45. The molecule has 1 aliphatic heterocycles. The number of rotatable bonds is 1. The molecule has 1 aliphatic rings. The van der Waals surface area contributed by atoms with Gasteiger partial charge in [-0.15, -0.1) is 11.3 Å². The van der Waals surface area contributed by atoms with Gasteiger partial charge in [0.15, 0.2) is 0 Å². The van der Waals surface area contributed by atoms with Gasteiger partial charge >= 0.3 is 0 Å². The topological polar surface area (TPSA) is 40.5 Å². The highest BCUT2D eigenvalue weighted by Gasteiger charge is 2.28. The van der Waals surface area contributed by atoms with Gasteiger partial charge in [-0.05, 0) is 30.5 Å². The van der Waals surface area contributed by atoms with Crippen LogP contribution in [-0.4, -0.2) is 35.1 Å². The number of piperidine rings is 1. The molecule has 106 valence electrons. The second-order valence-corrected chi connectivity index (χ2v) is 6.43. The van der Waals surface area contributed by atoms with E-state index in [1.807, 2.05) is 13.0 Å². The summed E-state index contributed by atoms with van der Waals surface area (Å²) in [5.41, 5.74) is 0. The second-order valence-electron chi connectivity index (χ2n) is 5.35. The predicted molar refractivity (Wildman–Crippen MR) is 77.5 cm³/mol. The minimum absolute atomic E-state index is 0.114. The number of aliphatic hydroxyl groups excluding tert-OH is 1. The van der Waals surface area contributed by atoms with E-state index in [4.69, 9.17) is 0 Å². The summed E-state index contributed by atoms with van der Waals surface area (Å²) in [6.07, 6.45) is 0.324. The van der Waals surface area contributed by atoms with Gasteiger partial charge in [0.25, 0.3) is 5.91 Å². The quantitative estimate of drug-likeness (QED) is 0.878. The first kappa shape index (κ1) is 13.5. The Bertz CT molecular complexity index is 654. The first-order valence-electron chi connectivity index (χ1n) is 6.71. The summed E-state index contributed by atoms with van der Waals surface area (Å²) in [5, 5.41) is 10.4. The fraction of sp³-hybridized carbons (Fsp3) is 0.400. The maximum Gasteiger partial charge on any atom is 0.264 e. The number of halogens is 1. The van der Waals surface area contributed by atoms with Gasteiger partial charge in [-0.3, -0.25) is 4.79 Å². The molecule has 3 nitrogen and oxygen atoms in total. The number of hydrogen-bond acceptors (Lipinski definition) is 3. The van der Waals surface area contributed by atoms with Crippen LogP contribution >= 0.6 is 11.3 Å². The minimum Gasteiger partial charge on any atom is -0.391 e. The predicted octanol–water partition coefficient (Wildman–Crippen LogP) is 2.88. The van der Waals surface area contributed by atoms with Crippen molar-refractivity contribution in [3.8, 4) is 0 Å². The van der Waals surface area contributed by atoms with Crippen LogP contribution in [0.4, 0.5) is 4.39 Å². The lowest BCUT2D eigenvalue weighted by Gasteiger charge is -2.34. The zero-order valence-electron chi connectivity index (χ0n) is 11.2. The van der Waals surface area contributed by atoms with E-state index in [1.54, 1.807) is 17.0 Å². The van der Waals surface area contributed by atoms with Crippen LogP contribution in [0.25, 0.3) is 10.1 Å². The molecule has 3 rings (SSSR count). The third-order valence-electron chi connectivity index (χ3n) is 3.92. The summed E-state index contributed by atoms with van der Waals surface area (Å²) in [6.45, 7) is 2.99. The van der Waals surface area contributed by atoms with Crippen molar-refractivity contribution in [1.82, 2.24) is 4.90 Å². The van der Waals surface area contributed by atoms with Crippen LogP contribution in [0.1, 0.15) is 23.0 Å². The number of thiophene rings is 1. The van der Waals surface area contributed by atoms with Gasteiger partial charge in [0, 0.05) is 23.2 Å². The largest absolute Gasteiger partial charge is 0.391 e. The highest BCUT2D eigenvalue weighted by atomic mass is 32.1. The number of fused-ring (bicyclic) bond motifs is 1. The average Bonchev–Trinajstić information content (AvgIpc) is 2.86. The summed E-state index contributed by atoms with van der Waals surface area (Å²) in [7, 11) is 0. The Labute approximate surface area is 120 Å². The van der Waals surface area contributed by atoms with Crippen LogP contribution in [0.3, 0.4) is 0 Å². The monoisotopic (exact) mass is 293 g/mol. The number of benzene rings is 1. The third kappa shape index (κ3) is 2.31. The van der Waals surface area contributed by atoms with E-state index < -0.39 is 6.10 Å². The Kier molecular flexibility index (Phi) is 3.48. The van der Waals surface area contributed by atoms with Gasteiger partial charge in [-0.1, -0.05) is 13.0 Å². The Balaban J connectivity index is 1.87. The number of β-amino-alcohol motifs (C(OH)–C–C–N with tert-alkyl or cyclic N) is 1. The Morgan fingerprint density at radius 2 is 2.30 bits per heavy atom. The molecule has 0 radical (unpaired) electrons. The molecule has 2 heterocycles. The molecular weight excluding hydrogens is 277 g/mol. The molecule has 1 aromatic carbocycles. The van der Waals surface area contributed by atoms with E-state index in [9.17, 15) is 14.3 Å². The second kappa shape index (κ2) is 5.14. The van der Waals surface area contributed by atoms with E-state index in [-0.39, 0.29) is 17.6 Å². The highest BCUT2D eigenvalue weighted by Crippen LogP contribution is 2.29. The summed E-state index contributed by atoms with van der Waals surface area (Å²) < 4.78 is 14.4. The van der Waals surface area contributed by atoms with Crippen LogP contribution in [0.2, 0.25) is 0 Å². The molecule has 0 saturated carbocycles. The lowest BCUT2D eigenvalue weighted by molar-refractivity contribution is 0.0251. The molecule has 2 aromatic rings. The van der Waals surface area contributed by atoms with E-state index in [0.717, 1.165) is 11.1 Å². The minimum atomic E-state index is -0.473. The average molecular weight is 293 g/mol. The maximum atomic E-state index is 13.7. The maximum absolute atomic E-state index is 13.7. The highest BCUT2D eigenvalue weighted by molar-refractivity contribution is 7.20. The van der Waals surface area contributed by atoms with Gasteiger partial charge in [-0.25, -0.2) is 4.39 Å². The zero-order valence-corrected chi connectivity index (χ0v) is 12.0. The van der Waals surface area contributed by atoms with Crippen molar-refractivity contribution in [2.75, 3.05) is 13.1 Å². The molecule has 1 saturated heterocycles. The third-order valence-corrected chi connectivity index (χ3v) is 5.01. The number of carbonyl (C=O) groups excluding carboxylic acids is 1. The molecule has 1 amide bonds. The number of hydrogen-bond donors (Lipinski definition) is 1. The zero-order chi connectivity index (χ0) is 14.3. The molecule has 5 heteroatoms. The van der Waals surface area contributed by atoms with Crippen molar-refractivity contribution in [2.45, 2.75) is 19.4 Å². The van der Waals surface area contributed by atoms with Gasteiger partial charge in [-0.2, -0.15) is 0 Å². The van der Waals surface area contributed by atoms with Crippen LogP contribution in [0, 0.1) is 11.7 Å². The van der Waals surface area contributed by atoms with Crippen molar-refractivity contribution in [2.24, 2.45) is 5.92 Å². The van der Waals surface area contributed by atoms with Gasteiger partial charge < -0.3 is 10.0 Å². The van der Waals surface area contributed by atoms with Crippen molar-refractivity contribution in [1.29, 1.82) is 0 Å². The Hall–Kier alpha value is -1.46. The first-order valence-corrected chi connectivity index (χ1v) is 7.53. The molecule has 1 aromatic heterocycles. The van der Waals surface area contributed by atoms with E-state index in [0.29, 0.717) is 23.4 Å². The van der Waals surface area contributed by atoms with Gasteiger partial charge in [0.1, 0.15) is 5.82 Å². The number of aliphatic hydroxyl groups is 1. The molecule has 0 bridgehead atoms. The smallest absolute Gasteiger partial charge is 0.264 e. The SMILES string of the molecule is CC1CCN(C(=O)c2cc3c(F)cccc3s2)CC1O. The Morgan fingerprint density at radius 1 is 1.50 bits per heavy atom. The van der Waals surface area contributed by atoms with Crippen molar-refractivity contribution >= 4 is 27.3 Å². The number of carbonyl (C=O) groups is 1. The summed E-state index contributed by atoms with van der Waals surface area (Å²) in [6, 6.07) is 6.47. The molecular formula is C15H16FNO2S. The van der Waals surface area contributed by atoms with Gasteiger partial charge in [0.2, 0.25) is 0 Å². The standard InChI is InChI=1S/C15H16FNO2S/c1-9-5-6-17(8-12(9)18)15(19)14-7-10-11(16)3-2-4-13(10)20-14/h2-4,7,9,12,18H,5-6,8H2,1H3. The van der Waals surface area contributed by atoms with E-state index in [2.05, 4.69) is 0 Å². The van der Waals surface area contributed by atoms with Gasteiger partial charge in [0.05, 0.1) is 11.0 Å². The molecule has 0 spiro atoms. The number of likely N-dealkylation sites (tertiary alicyclic amines) is 1. The fourth-order valence-electron chi connectivity index (χ4n) is 2.52. The van der Waals surface area contributed by atoms with Crippen LogP contribution in [-0.2, 0) is 0 Å². The molecule has 1 fully saturated rings. The fourth-order valence-corrected chi connectivity index (χ4v) is 3.56. The summed E-state index contributed by atoms with van der Waals surface area (Å²) in [5.74, 6) is -0.194. The molecule has 1 N–H and O–H groups in total. The molecule has 20 heavy (non-hydrogen) atoms. The normalized spacial score (nSPS) is 23.2. The summed E-state index contributed by atoms with van der Waals surface area (Å²) >= 11 is 1.30. The molecule has 0 aliphatic carbocycles. The van der Waals surface area contributed by atoms with Crippen molar-refractivity contribution in [3.05, 3.63) is 35.0 Å². The van der Waals surface area contributed by atoms with Crippen LogP contribution in [0.15, 0.2) is 24.3 Å². The number of nitrogens with zero attached hydrogens (tertiary/aromatic N) is 1. The van der Waals surface area contributed by atoms with Crippen LogP contribution < -0.4 is 0 Å². The molecule has 2 atom stereocenters. The van der Waals surface area contributed by atoms with Crippen molar-refractivity contribution < 1.29 is 14.3 Å². The first-order chi connectivity index (χ1) is 9.56. The number of amides is 1. The van der Waals surface area contributed by atoms with E-state index in [1.165, 1.54) is 17.4 Å². The Morgan fingerprint density at radius 3 is 3.00 bits per heavy atom. The lowest BCUT2D eigenvalue weighted by atomic mass is 9.96. The van der Waals surface area contributed by atoms with Crippen molar-refractivity contribution in [3.63, 3.8) is 0 Å².